The van der Waals surface area contributed by atoms with Crippen molar-refractivity contribution in [1.29, 1.82) is 0 Å². The van der Waals surface area contributed by atoms with Crippen LogP contribution in [0.4, 0.5) is 0 Å². The van der Waals surface area contributed by atoms with Gasteiger partial charge in [-0.2, -0.15) is 0 Å². The summed E-state index contributed by atoms with van der Waals surface area (Å²) < 4.78 is 6.56. The smallest absolute Gasteiger partial charge is 0.106 e. The predicted octanol–water partition coefficient (Wildman–Crippen LogP) is 4.47. The van der Waals surface area contributed by atoms with E-state index >= 15 is 0 Å². The molecule has 1 aromatic heterocycles. The van der Waals surface area contributed by atoms with Crippen LogP contribution in [0, 0.1) is 11.8 Å². The Morgan fingerprint density at radius 3 is 2.72 bits per heavy atom. The van der Waals surface area contributed by atoms with Crippen LogP contribution in [0.1, 0.15) is 25.0 Å². The second kappa shape index (κ2) is 7.98. The summed E-state index contributed by atoms with van der Waals surface area (Å²) in [7, 11) is 0. The Morgan fingerprint density at radius 1 is 1.20 bits per heavy atom. The van der Waals surface area contributed by atoms with E-state index in [9.17, 15) is 0 Å². The molecule has 1 aromatic rings. The summed E-state index contributed by atoms with van der Waals surface area (Å²) in [4.78, 5) is 7.17. The molecule has 1 aliphatic carbocycles. The zero-order valence-corrected chi connectivity index (χ0v) is 16.1. The molecule has 3 nitrogen and oxygen atoms in total. The topological polar surface area (TPSA) is 25.4 Å². The van der Waals surface area contributed by atoms with E-state index in [1.807, 2.05) is 6.07 Å². The number of pyridine rings is 1. The Hall–Kier alpha value is -1.23. The first kappa shape index (κ1) is 17.2. The fourth-order valence-electron chi connectivity index (χ4n) is 3.92. The normalized spacial score (nSPS) is 29.3. The SMILES string of the molecule is Brc1cccc(C2=CCN(CC3C=CC=C[C@@H]3CC3CCO3)CC2)n1. The molecule has 3 aliphatic rings. The van der Waals surface area contributed by atoms with Crippen molar-refractivity contribution < 1.29 is 4.74 Å². The van der Waals surface area contributed by atoms with Crippen LogP contribution in [0.5, 0.6) is 0 Å². The van der Waals surface area contributed by atoms with Gasteiger partial charge in [-0.3, -0.25) is 4.90 Å². The maximum atomic E-state index is 5.65. The van der Waals surface area contributed by atoms with Gasteiger partial charge in [0.2, 0.25) is 0 Å². The molecule has 4 rings (SSSR count). The molecule has 0 spiro atoms. The standard InChI is InChI=1S/C21H25BrN2O/c22-21-7-3-6-20(23-21)16-8-11-24(12-9-16)15-18-5-2-1-4-17(18)14-19-10-13-25-19/h1-8,17-19H,9-15H2/t17-,18?,19?/m1/s1. The van der Waals surface area contributed by atoms with Gasteiger partial charge in [0.1, 0.15) is 4.60 Å². The molecule has 0 amide bonds. The third-order valence-corrected chi connectivity index (χ3v) is 5.95. The lowest BCUT2D eigenvalue weighted by Gasteiger charge is -2.36. The van der Waals surface area contributed by atoms with Gasteiger partial charge in [0.05, 0.1) is 11.8 Å². The molecule has 0 N–H and O–H groups in total. The van der Waals surface area contributed by atoms with Crippen molar-refractivity contribution in [2.75, 3.05) is 26.2 Å². The summed E-state index contributed by atoms with van der Waals surface area (Å²) in [5.74, 6) is 1.22. The molecular weight excluding hydrogens is 376 g/mol. The summed E-state index contributed by atoms with van der Waals surface area (Å²) in [6.07, 6.45) is 15.5. The summed E-state index contributed by atoms with van der Waals surface area (Å²) in [6, 6.07) is 6.15. The summed E-state index contributed by atoms with van der Waals surface area (Å²) in [6.45, 7) is 4.21. The minimum atomic E-state index is 0.485. The van der Waals surface area contributed by atoms with Crippen LogP contribution in [0.3, 0.4) is 0 Å². The molecule has 0 aromatic carbocycles. The molecule has 1 fully saturated rings. The van der Waals surface area contributed by atoms with Crippen LogP contribution in [0.2, 0.25) is 0 Å². The van der Waals surface area contributed by atoms with Crippen molar-refractivity contribution in [2.24, 2.45) is 11.8 Å². The van der Waals surface area contributed by atoms with E-state index in [2.05, 4.69) is 68.3 Å². The molecule has 3 heterocycles. The first-order valence-electron chi connectivity index (χ1n) is 9.29. The monoisotopic (exact) mass is 400 g/mol. The Morgan fingerprint density at radius 2 is 2.04 bits per heavy atom. The summed E-state index contributed by atoms with van der Waals surface area (Å²) in [5, 5.41) is 0. The van der Waals surface area contributed by atoms with Crippen LogP contribution in [-0.4, -0.2) is 42.2 Å². The summed E-state index contributed by atoms with van der Waals surface area (Å²) >= 11 is 3.47. The number of rotatable bonds is 5. The van der Waals surface area contributed by atoms with Gasteiger partial charge in [0.15, 0.2) is 0 Å². The lowest BCUT2D eigenvalue weighted by molar-refractivity contribution is -0.0627. The largest absolute Gasteiger partial charge is 0.378 e. The molecule has 0 radical (unpaired) electrons. The molecule has 0 bridgehead atoms. The quantitative estimate of drug-likeness (QED) is 0.681. The molecule has 132 valence electrons. The van der Waals surface area contributed by atoms with Crippen molar-refractivity contribution in [3.8, 4) is 0 Å². The van der Waals surface area contributed by atoms with Crippen molar-refractivity contribution >= 4 is 21.5 Å². The van der Waals surface area contributed by atoms with E-state index < -0.39 is 0 Å². The zero-order chi connectivity index (χ0) is 17.1. The first-order chi connectivity index (χ1) is 12.3. The van der Waals surface area contributed by atoms with Gasteiger partial charge < -0.3 is 4.74 Å². The molecule has 25 heavy (non-hydrogen) atoms. The highest BCUT2D eigenvalue weighted by Gasteiger charge is 2.28. The van der Waals surface area contributed by atoms with Gasteiger partial charge in [-0.05, 0) is 64.7 Å². The van der Waals surface area contributed by atoms with Gasteiger partial charge in [0.25, 0.3) is 0 Å². The highest BCUT2D eigenvalue weighted by molar-refractivity contribution is 9.10. The molecule has 3 atom stereocenters. The number of nitrogens with zero attached hydrogens (tertiary/aromatic N) is 2. The fourth-order valence-corrected chi connectivity index (χ4v) is 4.26. The average molecular weight is 401 g/mol. The highest BCUT2D eigenvalue weighted by atomic mass is 79.9. The molecule has 2 aliphatic heterocycles. The highest BCUT2D eigenvalue weighted by Crippen LogP contribution is 2.31. The van der Waals surface area contributed by atoms with Crippen molar-refractivity contribution in [2.45, 2.75) is 25.4 Å². The van der Waals surface area contributed by atoms with Crippen LogP contribution in [-0.2, 0) is 4.74 Å². The minimum absolute atomic E-state index is 0.485. The van der Waals surface area contributed by atoms with Crippen LogP contribution >= 0.6 is 15.9 Å². The van der Waals surface area contributed by atoms with E-state index in [4.69, 9.17) is 4.74 Å². The maximum Gasteiger partial charge on any atom is 0.106 e. The fraction of sp³-hybridized carbons (Fsp3) is 0.476. The van der Waals surface area contributed by atoms with Gasteiger partial charge in [-0.15, -0.1) is 0 Å². The van der Waals surface area contributed by atoms with Gasteiger partial charge in [-0.25, -0.2) is 4.98 Å². The number of hydrogen-bond acceptors (Lipinski definition) is 3. The lowest BCUT2D eigenvalue weighted by atomic mass is 9.82. The van der Waals surface area contributed by atoms with E-state index in [1.165, 1.54) is 18.4 Å². The number of allylic oxidation sites excluding steroid dienone is 3. The third-order valence-electron chi connectivity index (χ3n) is 5.51. The van der Waals surface area contributed by atoms with Crippen LogP contribution < -0.4 is 0 Å². The third kappa shape index (κ3) is 4.30. The second-order valence-corrected chi connectivity index (χ2v) is 8.01. The Kier molecular flexibility index (Phi) is 5.49. The molecular formula is C21H25BrN2O. The van der Waals surface area contributed by atoms with Crippen LogP contribution in [0.25, 0.3) is 5.57 Å². The maximum absolute atomic E-state index is 5.65. The predicted molar refractivity (Wildman–Crippen MR) is 105 cm³/mol. The average Bonchev–Trinajstić information content (AvgIpc) is 2.60. The Balaban J connectivity index is 1.35. The van der Waals surface area contributed by atoms with Crippen molar-refractivity contribution in [3.63, 3.8) is 0 Å². The number of aromatic nitrogens is 1. The second-order valence-electron chi connectivity index (χ2n) is 7.20. The molecule has 2 unspecified atom stereocenters. The zero-order valence-electron chi connectivity index (χ0n) is 14.5. The Bertz CT molecular complexity index is 693. The van der Waals surface area contributed by atoms with Crippen LogP contribution in [0.15, 0.2) is 53.2 Å². The minimum Gasteiger partial charge on any atom is -0.378 e. The van der Waals surface area contributed by atoms with Crippen molar-refractivity contribution in [1.82, 2.24) is 9.88 Å². The number of ether oxygens (including phenoxy) is 1. The lowest BCUT2D eigenvalue weighted by Crippen LogP contribution is -2.37. The van der Waals surface area contributed by atoms with Gasteiger partial charge in [0, 0.05) is 26.2 Å². The molecule has 0 saturated carbocycles. The molecule has 1 saturated heterocycles. The van der Waals surface area contributed by atoms with Gasteiger partial charge in [-0.1, -0.05) is 36.4 Å². The first-order valence-corrected chi connectivity index (χ1v) is 10.1. The van der Waals surface area contributed by atoms with E-state index in [1.54, 1.807) is 0 Å². The van der Waals surface area contributed by atoms with E-state index in [-0.39, 0.29) is 0 Å². The van der Waals surface area contributed by atoms with Gasteiger partial charge >= 0.3 is 0 Å². The molecule has 4 heteroatoms. The van der Waals surface area contributed by atoms with Crippen molar-refractivity contribution in [3.05, 3.63) is 58.9 Å². The summed E-state index contributed by atoms with van der Waals surface area (Å²) in [5.41, 5.74) is 2.48. The van der Waals surface area contributed by atoms with E-state index in [0.29, 0.717) is 17.9 Å². The number of halogens is 1. The van der Waals surface area contributed by atoms with E-state index in [0.717, 1.165) is 43.0 Å². The number of hydrogen-bond donors (Lipinski definition) is 0. The Labute approximate surface area is 158 Å².